The average molecular weight is 386 g/mol. The van der Waals surface area contributed by atoms with Crippen molar-refractivity contribution in [2.24, 2.45) is 12.8 Å². The highest BCUT2D eigenvalue weighted by atomic mass is 16.5. The smallest absolute Gasteiger partial charge is 0.248 e. The first kappa shape index (κ1) is 18.7. The van der Waals surface area contributed by atoms with Gasteiger partial charge in [0.2, 0.25) is 5.91 Å². The SMILES string of the molecule is CCc1cc(-c2cc(Oc3cc(C)c4cnn(C)c4c3)ccn2)ccc1C(N)=O. The number of hydrogen-bond donors (Lipinski definition) is 1. The lowest BCUT2D eigenvalue weighted by Crippen LogP contribution is -2.13. The van der Waals surface area contributed by atoms with Crippen molar-refractivity contribution in [1.29, 1.82) is 0 Å². The lowest BCUT2D eigenvalue weighted by atomic mass is 9.99. The molecule has 2 heterocycles. The molecule has 2 N–H and O–H groups in total. The third kappa shape index (κ3) is 3.57. The van der Waals surface area contributed by atoms with Crippen molar-refractivity contribution in [3.63, 3.8) is 0 Å². The first-order valence-corrected chi connectivity index (χ1v) is 9.45. The van der Waals surface area contributed by atoms with Crippen molar-refractivity contribution in [1.82, 2.24) is 14.8 Å². The van der Waals surface area contributed by atoms with E-state index in [-0.39, 0.29) is 0 Å². The van der Waals surface area contributed by atoms with E-state index in [2.05, 4.69) is 10.1 Å². The molecule has 146 valence electrons. The van der Waals surface area contributed by atoms with E-state index in [4.69, 9.17) is 10.5 Å². The Morgan fingerprint density at radius 2 is 1.97 bits per heavy atom. The number of nitrogens with two attached hydrogens (primary N) is 1. The standard InChI is InChI=1S/C23H22N4O2/c1-4-15-10-16(5-6-19(15)23(24)28)21-11-17(7-8-25-21)29-18-9-14(2)20-13-26-27(3)22(20)12-18/h5-13H,4H2,1-3H3,(H2,24,28). The summed E-state index contributed by atoms with van der Waals surface area (Å²) < 4.78 is 7.95. The topological polar surface area (TPSA) is 83.0 Å². The lowest BCUT2D eigenvalue weighted by Gasteiger charge is -2.11. The molecule has 0 spiro atoms. The molecule has 0 saturated heterocycles. The van der Waals surface area contributed by atoms with Crippen LogP contribution in [0.3, 0.4) is 0 Å². The summed E-state index contributed by atoms with van der Waals surface area (Å²) in [5.74, 6) is 1.02. The summed E-state index contributed by atoms with van der Waals surface area (Å²) in [6, 6.07) is 13.3. The summed E-state index contributed by atoms with van der Waals surface area (Å²) in [6.07, 6.45) is 4.29. The molecule has 4 rings (SSSR count). The number of nitrogens with zero attached hydrogens (tertiary/aromatic N) is 3. The highest BCUT2D eigenvalue weighted by Crippen LogP contribution is 2.30. The molecule has 1 amide bonds. The normalized spacial score (nSPS) is 11.0. The minimum atomic E-state index is -0.417. The van der Waals surface area contributed by atoms with Crippen molar-refractivity contribution in [2.45, 2.75) is 20.3 Å². The molecule has 0 aliphatic rings. The van der Waals surface area contributed by atoms with Crippen LogP contribution in [0.5, 0.6) is 11.5 Å². The summed E-state index contributed by atoms with van der Waals surface area (Å²) >= 11 is 0. The average Bonchev–Trinajstić information content (AvgIpc) is 3.09. The number of pyridine rings is 1. The van der Waals surface area contributed by atoms with Crippen LogP contribution in [0.25, 0.3) is 22.2 Å². The van der Waals surface area contributed by atoms with Gasteiger partial charge in [0, 0.05) is 41.9 Å². The van der Waals surface area contributed by atoms with Gasteiger partial charge in [-0.1, -0.05) is 13.0 Å². The van der Waals surface area contributed by atoms with E-state index in [1.165, 1.54) is 0 Å². The van der Waals surface area contributed by atoms with Gasteiger partial charge < -0.3 is 10.5 Å². The third-order valence-electron chi connectivity index (χ3n) is 5.06. The van der Waals surface area contributed by atoms with Crippen LogP contribution in [0.15, 0.2) is 54.9 Å². The highest BCUT2D eigenvalue weighted by molar-refractivity contribution is 5.95. The second kappa shape index (κ2) is 7.39. The number of ether oxygens (including phenoxy) is 1. The first-order chi connectivity index (χ1) is 14.0. The zero-order valence-corrected chi connectivity index (χ0v) is 16.6. The number of aryl methyl sites for hydroxylation is 3. The Morgan fingerprint density at radius 3 is 2.72 bits per heavy atom. The second-order valence-corrected chi connectivity index (χ2v) is 7.01. The predicted molar refractivity (Wildman–Crippen MR) is 113 cm³/mol. The fraction of sp³-hybridized carbons (Fsp3) is 0.174. The number of fused-ring (bicyclic) bond motifs is 1. The van der Waals surface area contributed by atoms with Gasteiger partial charge in [0.15, 0.2) is 0 Å². The summed E-state index contributed by atoms with van der Waals surface area (Å²) in [4.78, 5) is 16.1. The Morgan fingerprint density at radius 1 is 1.14 bits per heavy atom. The summed E-state index contributed by atoms with van der Waals surface area (Å²) in [6.45, 7) is 4.04. The minimum Gasteiger partial charge on any atom is -0.457 e. The fourth-order valence-electron chi connectivity index (χ4n) is 3.50. The maximum atomic E-state index is 11.6. The molecular weight excluding hydrogens is 364 g/mol. The van der Waals surface area contributed by atoms with Crippen LogP contribution in [0.1, 0.15) is 28.4 Å². The van der Waals surface area contributed by atoms with Crippen LogP contribution in [0, 0.1) is 6.92 Å². The molecule has 2 aromatic heterocycles. The zero-order valence-electron chi connectivity index (χ0n) is 16.6. The van der Waals surface area contributed by atoms with Gasteiger partial charge in [-0.05, 0) is 48.7 Å². The summed E-state index contributed by atoms with van der Waals surface area (Å²) in [7, 11) is 1.91. The number of hydrogen-bond acceptors (Lipinski definition) is 4. The van der Waals surface area contributed by atoms with Gasteiger partial charge in [0.1, 0.15) is 11.5 Å². The quantitative estimate of drug-likeness (QED) is 0.551. The van der Waals surface area contributed by atoms with E-state index in [9.17, 15) is 4.79 Å². The van der Waals surface area contributed by atoms with Crippen molar-refractivity contribution in [3.05, 3.63) is 71.5 Å². The highest BCUT2D eigenvalue weighted by Gasteiger charge is 2.11. The summed E-state index contributed by atoms with van der Waals surface area (Å²) in [5.41, 5.74) is 10.7. The number of carbonyl (C=O) groups excluding carboxylic acids is 1. The van der Waals surface area contributed by atoms with Crippen molar-refractivity contribution >= 4 is 16.8 Å². The van der Waals surface area contributed by atoms with Crippen LogP contribution < -0.4 is 10.5 Å². The Bertz CT molecular complexity index is 1230. The first-order valence-electron chi connectivity index (χ1n) is 9.45. The van der Waals surface area contributed by atoms with E-state index < -0.39 is 5.91 Å². The molecule has 0 aliphatic heterocycles. The number of carbonyl (C=O) groups is 1. The van der Waals surface area contributed by atoms with Crippen LogP contribution in [0.2, 0.25) is 0 Å². The monoisotopic (exact) mass is 386 g/mol. The van der Waals surface area contributed by atoms with Crippen molar-refractivity contribution < 1.29 is 9.53 Å². The summed E-state index contributed by atoms with van der Waals surface area (Å²) in [5, 5.41) is 5.42. The number of aromatic nitrogens is 3. The minimum absolute atomic E-state index is 0.417. The van der Waals surface area contributed by atoms with Crippen molar-refractivity contribution in [3.8, 4) is 22.8 Å². The molecule has 6 heteroatoms. The molecule has 2 aromatic carbocycles. The lowest BCUT2D eigenvalue weighted by molar-refractivity contribution is 0.0999. The van der Waals surface area contributed by atoms with E-state index >= 15 is 0 Å². The van der Waals surface area contributed by atoms with Gasteiger partial charge in [-0.25, -0.2) is 0 Å². The number of rotatable bonds is 5. The van der Waals surface area contributed by atoms with Gasteiger partial charge in [-0.15, -0.1) is 0 Å². The van der Waals surface area contributed by atoms with E-state index in [0.29, 0.717) is 17.7 Å². The molecule has 29 heavy (non-hydrogen) atoms. The second-order valence-electron chi connectivity index (χ2n) is 7.01. The molecule has 0 unspecified atom stereocenters. The fourth-order valence-corrected chi connectivity index (χ4v) is 3.50. The molecule has 4 aromatic rings. The molecule has 0 saturated carbocycles. The van der Waals surface area contributed by atoms with Gasteiger partial charge in [0.05, 0.1) is 17.4 Å². The molecular formula is C23H22N4O2. The molecule has 0 fully saturated rings. The Hall–Kier alpha value is -3.67. The number of primary amides is 1. The van der Waals surface area contributed by atoms with Crippen LogP contribution in [0.4, 0.5) is 0 Å². The zero-order chi connectivity index (χ0) is 20.5. The largest absolute Gasteiger partial charge is 0.457 e. The Labute approximate surface area is 168 Å². The van der Waals surface area contributed by atoms with Gasteiger partial charge >= 0.3 is 0 Å². The number of amides is 1. The predicted octanol–water partition coefficient (Wildman–Crippen LogP) is 4.40. The third-order valence-corrected chi connectivity index (χ3v) is 5.06. The van der Waals surface area contributed by atoms with Crippen LogP contribution >= 0.6 is 0 Å². The molecule has 6 nitrogen and oxygen atoms in total. The van der Waals surface area contributed by atoms with E-state index in [0.717, 1.165) is 39.0 Å². The van der Waals surface area contributed by atoms with Gasteiger partial charge in [0.25, 0.3) is 0 Å². The maximum absolute atomic E-state index is 11.6. The molecule has 0 aliphatic carbocycles. The molecule has 0 atom stereocenters. The van der Waals surface area contributed by atoms with Crippen LogP contribution in [-0.4, -0.2) is 20.7 Å². The van der Waals surface area contributed by atoms with Crippen molar-refractivity contribution in [2.75, 3.05) is 0 Å². The number of benzene rings is 2. The van der Waals surface area contributed by atoms with Crippen LogP contribution in [-0.2, 0) is 13.5 Å². The molecule has 0 bridgehead atoms. The van der Waals surface area contributed by atoms with E-state index in [1.807, 2.05) is 68.2 Å². The van der Waals surface area contributed by atoms with Gasteiger partial charge in [-0.2, -0.15) is 5.10 Å². The maximum Gasteiger partial charge on any atom is 0.248 e. The molecule has 0 radical (unpaired) electrons. The Balaban J connectivity index is 1.68. The van der Waals surface area contributed by atoms with Gasteiger partial charge in [-0.3, -0.25) is 14.5 Å². The Kier molecular flexibility index (Phi) is 4.76. The van der Waals surface area contributed by atoms with E-state index in [1.54, 1.807) is 12.3 Å².